The molecule has 0 aliphatic carbocycles. The molecule has 1 atom stereocenters. The standard InChI is InChI=1S/C19H27N3O4/c1-3-15-11-14(12-16(23)20-15)17(24)22-8-6-19(13-22)5-4-7-21(18(19)25)9-10-26-2/h11-12H,3-10,13H2,1-2H3,(H,20,23)/t19-/m0/s1. The monoisotopic (exact) mass is 361 g/mol. The van der Waals surface area contributed by atoms with Gasteiger partial charge in [0.15, 0.2) is 0 Å². The minimum absolute atomic E-state index is 0.135. The van der Waals surface area contributed by atoms with Crippen LogP contribution in [0.4, 0.5) is 0 Å². The number of rotatable bonds is 5. The first-order chi connectivity index (χ1) is 12.5. The molecule has 3 heterocycles. The summed E-state index contributed by atoms with van der Waals surface area (Å²) in [5.74, 6) is -0.0271. The molecule has 1 spiro atoms. The molecule has 2 fully saturated rings. The highest BCUT2D eigenvalue weighted by atomic mass is 16.5. The van der Waals surface area contributed by atoms with E-state index < -0.39 is 5.41 Å². The number of H-pyrrole nitrogens is 1. The Balaban J connectivity index is 1.75. The molecule has 2 amide bonds. The van der Waals surface area contributed by atoms with E-state index in [0.717, 1.165) is 25.1 Å². The second kappa shape index (κ2) is 7.61. The summed E-state index contributed by atoms with van der Waals surface area (Å²) in [4.78, 5) is 44.0. The van der Waals surface area contributed by atoms with Crippen LogP contribution in [0.25, 0.3) is 0 Å². The van der Waals surface area contributed by atoms with Crippen molar-refractivity contribution in [2.45, 2.75) is 32.6 Å². The normalized spacial score (nSPS) is 23.1. The third-order valence-electron chi connectivity index (χ3n) is 5.56. The third kappa shape index (κ3) is 3.53. The van der Waals surface area contributed by atoms with Crippen molar-refractivity contribution in [3.63, 3.8) is 0 Å². The summed E-state index contributed by atoms with van der Waals surface area (Å²) in [5.41, 5.74) is 0.411. The maximum Gasteiger partial charge on any atom is 0.254 e. The van der Waals surface area contributed by atoms with Gasteiger partial charge in [0.2, 0.25) is 11.5 Å². The van der Waals surface area contributed by atoms with Crippen molar-refractivity contribution in [1.29, 1.82) is 0 Å². The summed E-state index contributed by atoms with van der Waals surface area (Å²) in [6.45, 7) is 4.79. The van der Waals surface area contributed by atoms with Crippen LogP contribution in [0, 0.1) is 5.41 Å². The number of aromatic amines is 1. The zero-order chi connectivity index (χ0) is 18.7. The first kappa shape index (κ1) is 18.6. The van der Waals surface area contributed by atoms with Crippen molar-refractivity contribution in [2.24, 2.45) is 5.41 Å². The van der Waals surface area contributed by atoms with E-state index >= 15 is 0 Å². The Morgan fingerprint density at radius 3 is 2.81 bits per heavy atom. The average Bonchev–Trinajstić information content (AvgIpc) is 3.07. The molecule has 2 aliphatic rings. The number of aryl methyl sites for hydroxylation is 1. The summed E-state index contributed by atoms with van der Waals surface area (Å²) >= 11 is 0. The minimum Gasteiger partial charge on any atom is -0.383 e. The van der Waals surface area contributed by atoms with Crippen LogP contribution in [-0.2, 0) is 16.0 Å². The number of likely N-dealkylation sites (tertiary alicyclic amines) is 2. The van der Waals surface area contributed by atoms with Crippen molar-refractivity contribution in [2.75, 3.05) is 39.9 Å². The largest absolute Gasteiger partial charge is 0.383 e. The number of amides is 2. The lowest BCUT2D eigenvalue weighted by Gasteiger charge is -2.39. The van der Waals surface area contributed by atoms with Gasteiger partial charge in [-0.15, -0.1) is 0 Å². The quantitative estimate of drug-likeness (QED) is 0.849. The van der Waals surface area contributed by atoms with Crippen LogP contribution in [0.5, 0.6) is 0 Å². The zero-order valence-electron chi connectivity index (χ0n) is 15.5. The van der Waals surface area contributed by atoms with Gasteiger partial charge in [-0.1, -0.05) is 6.92 Å². The molecular weight excluding hydrogens is 334 g/mol. The zero-order valence-corrected chi connectivity index (χ0v) is 15.5. The van der Waals surface area contributed by atoms with Crippen molar-refractivity contribution in [3.8, 4) is 0 Å². The van der Waals surface area contributed by atoms with Crippen molar-refractivity contribution in [3.05, 3.63) is 33.7 Å². The molecule has 3 rings (SSSR count). The molecule has 0 aromatic carbocycles. The number of carbonyl (C=O) groups excluding carboxylic acids is 2. The molecule has 7 heteroatoms. The van der Waals surface area contributed by atoms with E-state index in [-0.39, 0.29) is 17.4 Å². The summed E-state index contributed by atoms with van der Waals surface area (Å²) in [6, 6.07) is 3.09. The highest BCUT2D eigenvalue weighted by molar-refractivity contribution is 5.95. The second-order valence-corrected chi connectivity index (χ2v) is 7.26. The van der Waals surface area contributed by atoms with Crippen molar-refractivity contribution in [1.82, 2.24) is 14.8 Å². The fraction of sp³-hybridized carbons (Fsp3) is 0.632. The third-order valence-corrected chi connectivity index (χ3v) is 5.56. The summed E-state index contributed by atoms with van der Waals surface area (Å²) in [5, 5.41) is 0. The second-order valence-electron chi connectivity index (χ2n) is 7.26. The van der Waals surface area contributed by atoms with Crippen molar-refractivity contribution >= 4 is 11.8 Å². The Labute approximate surface area is 153 Å². The molecular formula is C19H27N3O4. The Kier molecular flexibility index (Phi) is 5.46. The van der Waals surface area contributed by atoms with Crippen molar-refractivity contribution < 1.29 is 14.3 Å². The first-order valence-electron chi connectivity index (χ1n) is 9.30. The number of hydrogen-bond donors (Lipinski definition) is 1. The lowest BCUT2D eigenvalue weighted by atomic mass is 9.78. The van der Waals surface area contributed by atoms with Crippen LogP contribution in [0.15, 0.2) is 16.9 Å². The van der Waals surface area contributed by atoms with Gasteiger partial charge in [0.05, 0.1) is 12.0 Å². The molecule has 0 unspecified atom stereocenters. The van der Waals surface area contributed by atoms with E-state index in [1.54, 1.807) is 18.1 Å². The van der Waals surface area contributed by atoms with Gasteiger partial charge in [-0.05, 0) is 31.7 Å². The SMILES string of the molecule is CCc1cc(C(=O)N2CC[C@@]3(CCCN(CCOC)C3=O)C2)cc(=O)[nH]1. The Hall–Kier alpha value is -2.15. The van der Waals surface area contributed by atoms with Gasteiger partial charge in [0.1, 0.15) is 0 Å². The van der Waals surface area contributed by atoms with Gasteiger partial charge in [-0.2, -0.15) is 0 Å². The average molecular weight is 361 g/mol. The predicted molar refractivity (Wildman–Crippen MR) is 97.1 cm³/mol. The van der Waals surface area contributed by atoms with Gasteiger partial charge < -0.3 is 19.5 Å². The topological polar surface area (TPSA) is 82.7 Å². The molecule has 1 aromatic rings. The highest BCUT2D eigenvalue weighted by Crippen LogP contribution is 2.40. The molecule has 7 nitrogen and oxygen atoms in total. The molecule has 0 bridgehead atoms. The van der Waals surface area contributed by atoms with E-state index in [9.17, 15) is 14.4 Å². The van der Waals surface area contributed by atoms with Gasteiger partial charge in [-0.3, -0.25) is 14.4 Å². The molecule has 26 heavy (non-hydrogen) atoms. The molecule has 1 aromatic heterocycles. The minimum atomic E-state index is -0.476. The molecule has 2 saturated heterocycles. The first-order valence-corrected chi connectivity index (χ1v) is 9.30. The van der Waals surface area contributed by atoms with Crippen LogP contribution >= 0.6 is 0 Å². The number of pyridine rings is 1. The van der Waals surface area contributed by atoms with Gasteiger partial charge >= 0.3 is 0 Å². The van der Waals surface area contributed by atoms with Crippen LogP contribution < -0.4 is 5.56 Å². The van der Waals surface area contributed by atoms with E-state index in [4.69, 9.17) is 4.74 Å². The summed E-state index contributed by atoms with van der Waals surface area (Å²) in [6.07, 6.45) is 3.11. The number of aromatic nitrogens is 1. The molecule has 0 radical (unpaired) electrons. The Morgan fingerprint density at radius 1 is 1.27 bits per heavy atom. The number of piperidine rings is 1. The summed E-state index contributed by atoms with van der Waals surface area (Å²) in [7, 11) is 1.63. The van der Waals surface area contributed by atoms with E-state index in [1.807, 2.05) is 11.8 Å². The number of carbonyl (C=O) groups is 2. The van der Waals surface area contributed by atoms with Crippen LogP contribution in [0.2, 0.25) is 0 Å². The number of nitrogens with one attached hydrogen (secondary N) is 1. The molecule has 2 aliphatic heterocycles. The maximum atomic E-state index is 13.0. The number of nitrogens with zero attached hydrogens (tertiary/aromatic N) is 2. The summed E-state index contributed by atoms with van der Waals surface area (Å²) < 4.78 is 5.10. The maximum absolute atomic E-state index is 13.0. The van der Waals surface area contributed by atoms with Gasteiger partial charge in [0, 0.05) is 50.6 Å². The Bertz CT molecular complexity index is 745. The smallest absolute Gasteiger partial charge is 0.254 e. The van der Waals surface area contributed by atoms with Crippen LogP contribution in [-0.4, -0.2) is 66.5 Å². The number of hydrogen-bond acceptors (Lipinski definition) is 4. The van der Waals surface area contributed by atoms with E-state index in [2.05, 4.69) is 4.98 Å². The van der Waals surface area contributed by atoms with Gasteiger partial charge in [-0.25, -0.2) is 0 Å². The van der Waals surface area contributed by atoms with E-state index in [1.165, 1.54) is 6.07 Å². The van der Waals surface area contributed by atoms with Crippen LogP contribution in [0.3, 0.4) is 0 Å². The van der Waals surface area contributed by atoms with Gasteiger partial charge in [0.25, 0.3) is 5.91 Å². The number of methoxy groups -OCH3 is 1. The number of ether oxygens (including phenoxy) is 1. The lowest BCUT2D eigenvalue weighted by molar-refractivity contribution is -0.146. The fourth-order valence-corrected chi connectivity index (χ4v) is 4.09. The molecule has 142 valence electrons. The molecule has 1 N–H and O–H groups in total. The van der Waals surface area contributed by atoms with E-state index in [0.29, 0.717) is 44.6 Å². The Morgan fingerprint density at radius 2 is 2.08 bits per heavy atom. The highest BCUT2D eigenvalue weighted by Gasteiger charge is 2.49. The predicted octanol–water partition coefficient (Wildman–Crippen LogP) is 1.04. The fourth-order valence-electron chi connectivity index (χ4n) is 4.09. The molecule has 0 saturated carbocycles. The lowest BCUT2D eigenvalue weighted by Crippen LogP contribution is -2.51. The van der Waals surface area contributed by atoms with Crippen LogP contribution in [0.1, 0.15) is 42.2 Å².